The van der Waals surface area contributed by atoms with E-state index in [1.807, 2.05) is 6.07 Å². The van der Waals surface area contributed by atoms with Crippen molar-refractivity contribution in [1.29, 1.82) is 5.26 Å². The van der Waals surface area contributed by atoms with Crippen molar-refractivity contribution in [2.45, 2.75) is 6.92 Å². The highest BCUT2D eigenvalue weighted by atomic mass is 16.5. The fourth-order valence-corrected chi connectivity index (χ4v) is 0.682. The van der Waals surface area contributed by atoms with Gasteiger partial charge in [0.15, 0.2) is 0 Å². The third-order valence-corrected chi connectivity index (χ3v) is 1.19. The smallest absolute Gasteiger partial charge is 0.234 e. The monoisotopic (exact) mass is 149 g/mol. The van der Waals surface area contributed by atoms with Crippen molar-refractivity contribution in [3.63, 3.8) is 0 Å². The van der Waals surface area contributed by atoms with Crippen molar-refractivity contribution >= 4 is 0 Å². The summed E-state index contributed by atoms with van der Waals surface area (Å²) in [4.78, 5) is 7.75. The van der Waals surface area contributed by atoms with E-state index in [4.69, 9.17) is 10.00 Å². The fourth-order valence-electron chi connectivity index (χ4n) is 0.682. The standard InChI is InChI=1S/C7H7N3O/c1-5-9-4-6(3-8)7(10-5)11-2/h4H,1-2H3. The van der Waals surface area contributed by atoms with Crippen LogP contribution < -0.4 is 4.74 Å². The van der Waals surface area contributed by atoms with E-state index in [9.17, 15) is 0 Å². The van der Waals surface area contributed by atoms with Crippen LogP contribution in [0.5, 0.6) is 5.88 Å². The predicted octanol–water partition coefficient (Wildman–Crippen LogP) is 0.665. The number of nitriles is 1. The highest BCUT2D eigenvalue weighted by molar-refractivity contribution is 5.35. The van der Waals surface area contributed by atoms with Gasteiger partial charge in [0.2, 0.25) is 5.88 Å². The Morgan fingerprint density at radius 1 is 1.64 bits per heavy atom. The lowest BCUT2D eigenvalue weighted by atomic mass is 10.3. The molecule has 1 rings (SSSR count). The van der Waals surface area contributed by atoms with Crippen molar-refractivity contribution in [1.82, 2.24) is 9.97 Å². The molecule has 1 heterocycles. The molecule has 0 fully saturated rings. The first-order valence-corrected chi connectivity index (χ1v) is 3.05. The first-order chi connectivity index (χ1) is 5.27. The second-order valence-electron chi connectivity index (χ2n) is 1.95. The second kappa shape index (κ2) is 2.97. The van der Waals surface area contributed by atoms with Crippen LogP contribution in [0.3, 0.4) is 0 Å². The van der Waals surface area contributed by atoms with Gasteiger partial charge in [-0.2, -0.15) is 10.2 Å². The summed E-state index contributed by atoms with van der Waals surface area (Å²) in [5, 5.41) is 8.53. The van der Waals surface area contributed by atoms with E-state index < -0.39 is 0 Å². The summed E-state index contributed by atoms with van der Waals surface area (Å²) in [6.45, 7) is 1.74. The fraction of sp³-hybridized carbons (Fsp3) is 0.286. The van der Waals surface area contributed by atoms with Gasteiger partial charge in [0.05, 0.1) is 13.3 Å². The number of aryl methyl sites for hydroxylation is 1. The molecule has 0 saturated carbocycles. The lowest BCUT2D eigenvalue weighted by Crippen LogP contribution is -1.95. The van der Waals surface area contributed by atoms with E-state index in [1.54, 1.807) is 6.92 Å². The van der Waals surface area contributed by atoms with Crippen molar-refractivity contribution < 1.29 is 4.74 Å². The van der Waals surface area contributed by atoms with Gasteiger partial charge in [-0.1, -0.05) is 0 Å². The van der Waals surface area contributed by atoms with Gasteiger partial charge < -0.3 is 4.74 Å². The number of methoxy groups -OCH3 is 1. The molecule has 0 saturated heterocycles. The van der Waals surface area contributed by atoms with Crippen molar-refractivity contribution in [2.24, 2.45) is 0 Å². The van der Waals surface area contributed by atoms with Crippen LogP contribution in [0.25, 0.3) is 0 Å². The highest BCUT2D eigenvalue weighted by Gasteiger charge is 2.02. The molecule has 4 nitrogen and oxygen atoms in total. The minimum Gasteiger partial charge on any atom is -0.480 e. The Hall–Kier alpha value is -1.63. The summed E-state index contributed by atoms with van der Waals surface area (Å²) < 4.78 is 4.84. The maximum atomic E-state index is 8.53. The van der Waals surface area contributed by atoms with Crippen molar-refractivity contribution in [3.8, 4) is 11.9 Å². The number of aromatic nitrogens is 2. The lowest BCUT2D eigenvalue weighted by Gasteiger charge is -1.99. The van der Waals surface area contributed by atoms with Crippen molar-refractivity contribution in [2.75, 3.05) is 7.11 Å². The molecule has 0 aliphatic rings. The molecule has 0 aliphatic heterocycles. The molecule has 0 atom stereocenters. The predicted molar refractivity (Wildman–Crippen MR) is 38.0 cm³/mol. The Morgan fingerprint density at radius 3 is 2.91 bits per heavy atom. The van der Waals surface area contributed by atoms with E-state index in [0.29, 0.717) is 17.3 Å². The summed E-state index contributed by atoms with van der Waals surface area (Å²) in [7, 11) is 1.47. The molecule has 1 aromatic rings. The van der Waals surface area contributed by atoms with Crippen molar-refractivity contribution in [3.05, 3.63) is 17.6 Å². The zero-order valence-corrected chi connectivity index (χ0v) is 6.33. The second-order valence-corrected chi connectivity index (χ2v) is 1.95. The highest BCUT2D eigenvalue weighted by Crippen LogP contribution is 2.11. The maximum absolute atomic E-state index is 8.53. The van der Waals surface area contributed by atoms with Gasteiger partial charge in [-0.15, -0.1) is 0 Å². The summed E-state index contributed by atoms with van der Waals surface area (Å²) in [6, 6.07) is 1.92. The minimum absolute atomic E-state index is 0.333. The van der Waals surface area contributed by atoms with Crippen LogP contribution in [-0.4, -0.2) is 17.1 Å². The summed E-state index contributed by atoms with van der Waals surface area (Å²) in [5.74, 6) is 0.931. The average Bonchev–Trinajstić information content (AvgIpc) is 2.04. The Kier molecular flexibility index (Phi) is 2.02. The van der Waals surface area contributed by atoms with Gasteiger partial charge in [-0.3, -0.25) is 0 Å². The van der Waals surface area contributed by atoms with Crippen LogP contribution in [0.2, 0.25) is 0 Å². The average molecular weight is 149 g/mol. The molecule has 4 heteroatoms. The Morgan fingerprint density at radius 2 is 2.36 bits per heavy atom. The molecule has 0 amide bonds. The van der Waals surface area contributed by atoms with Gasteiger partial charge in [0.25, 0.3) is 0 Å². The topological polar surface area (TPSA) is 58.8 Å². The summed E-state index contributed by atoms with van der Waals surface area (Å²) in [5.41, 5.74) is 0.359. The Bertz CT molecular complexity index is 303. The van der Waals surface area contributed by atoms with Crippen LogP contribution in [0.4, 0.5) is 0 Å². The molecule has 0 radical (unpaired) electrons. The molecule has 0 spiro atoms. The minimum atomic E-state index is 0.333. The van der Waals surface area contributed by atoms with Crippen LogP contribution in [0.1, 0.15) is 11.4 Å². The maximum Gasteiger partial charge on any atom is 0.234 e. The number of hydrogen-bond donors (Lipinski definition) is 0. The zero-order chi connectivity index (χ0) is 8.27. The Labute approximate surface area is 64.5 Å². The molecule has 0 N–H and O–H groups in total. The summed E-state index contributed by atoms with van der Waals surface area (Å²) >= 11 is 0. The van der Waals surface area contributed by atoms with Crippen LogP contribution in [0, 0.1) is 18.3 Å². The van der Waals surface area contributed by atoms with Gasteiger partial charge >= 0.3 is 0 Å². The molecule has 56 valence electrons. The molecule has 0 bridgehead atoms. The number of hydrogen-bond acceptors (Lipinski definition) is 4. The third-order valence-electron chi connectivity index (χ3n) is 1.19. The number of ether oxygens (including phenoxy) is 1. The first-order valence-electron chi connectivity index (χ1n) is 3.05. The van der Waals surface area contributed by atoms with E-state index in [-0.39, 0.29) is 0 Å². The van der Waals surface area contributed by atoms with Gasteiger partial charge in [0.1, 0.15) is 17.5 Å². The summed E-state index contributed by atoms with van der Waals surface area (Å²) in [6.07, 6.45) is 1.45. The van der Waals surface area contributed by atoms with E-state index in [2.05, 4.69) is 9.97 Å². The zero-order valence-electron chi connectivity index (χ0n) is 6.33. The van der Waals surface area contributed by atoms with Crippen LogP contribution in [0.15, 0.2) is 6.20 Å². The van der Waals surface area contributed by atoms with Gasteiger partial charge in [0, 0.05) is 0 Å². The molecular formula is C7H7N3O. The first kappa shape index (κ1) is 7.48. The third kappa shape index (κ3) is 1.44. The number of rotatable bonds is 1. The molecular weight excluding hydrogens is 142 g/mol. The van der Waals surface area contributed by atoms with E-state index in [1.165, 1.54) is 13.3 Å². The molecule has 1 aromatic heterocycles. The van der Waals surface area contributed by atoms with E-state index in [0.717, 1.165) is 0 Å². The van der Waals surface area contributed by atoms with Crippen LogP contribution in [-0.2, 0) is 0 Å². The largest absolute Gasteiger partial charge is 0.480 e. The SMILES string of the molecule is COc1nc(C)ncc1C#N. The molecule has 0 aromatic carbocycles. The number of nitrogens with zero attached hydrogens (tertiary/aromatic N) is 3. The lowest BCUT2D eigenvalue weighted by molar-refractivity contribution is 0.394. The molecule has 0 unspecified atom stereocenters. The molecule has 0 aliphatic carbocycles. The van der Waals surface area contributed by atoms with Gasteiger partial charge in [-0.25, -0.2) is 4.98 Å². The van der Waals surface area contributed by atoms with E-state index >= 15 is 0 Å². The Balaban J connectivity index is 3.19. The van der Waals surface area contributed by atoms with Crippen LogP contribution >= 0.6 is 0 Å². The molecule has 11 heavy (non-hydrogen) atoms. The quantitative estimate of drug-likeness (QED) is 0.588. The normalized spacial score (nSPS) is 8.82. The van der Waals surface area contributed by atoms with Gasteiger partial charge in [-0.05, 0) is 6.92 Å².